The summed E-state index contributed by atoms with van der Waals surface area (Å²) in [7, 11) is 0. The minimum atomic E-state index is -4.49. The van der Waals surface area contributed by atoms with Gasteiger partial charge in [0.2, 0.25) is 5.91 Å². The molecule has 0 radical (unpaired) electrons. The number of rotatable bonds is 5. The van der Waals surface area contributed by atoms with Gasteiger partial charge in [-0.25, -0.2) is 4.98 Å². The van der Waals surface area contributed by atoms with E-state index in [0.717, 1.165) is 18.9 Å². The van der Waals surface area contributed by atoms with E-state index in [0.29, 0.717) is 25.2 Å². The van der Waals surface area contributed by atoms with Gasteiger partial charge in [0.05, 0.1) is 10.6 Å². The van der Waals surface area contributed by atoms with Crippen LogP contribution >= 0.6 is 11.6 Å². The van der Waals surface area contributed by atoms with E-state index in [-0.39, 0.29) is 35.8 Å². The van der Waals surface area contributed by atoms with Crippen LogP contribution < -0.4 is 11.1 Å². The number of pyridine rings is 1. The summed E-state index contributed by atoms with van der Waals surface area (Å²) < 4.78 is 37.7. The molecule has 0 spiro atoms. The van der Waals surface area contributed by atoms with Gasteiger partial charge in [0, 0.05) is 38.3 Å². The Hall–Kier alpha value is -1.54. The number of aromatic nitrogens is 1. The van der Waals surface area contributed by atoms with Crippen molar-refractivity contribution in [1.29, 1.82) is 0 Å². The molecule has 1 saturated heterocycles. The molecular formula is C16H22ClF3N4O. The quantitative estimate of drug-likeness (QED) is 0.825. The van der Waals surface area contributed by atoms with Crippen LogP contribution in [0.2, 0.25) is 5.02 Å². The Labute approximate surface area is 149 Å². The van der Waals surface area contributed by atoms with Crippen LogP contribution in [0.15, 0.2) is 12.3 Å². The Morgan fingerprint density at radius 3 is 2.88 bits per heavy atom. The Kier molecular flexibility index (Phi) is 6.51. The molecule has 2 rings (SSSR count). The molecule has 1 fully saturated rings. The zero-order valence-corrected chi connectivity index (χ0v) is 14.7. The average molecular weight is 379 g/mol. The number of piperidine rings is 1. The summed E-state index contributed by atoms with van der Waals surface area (Å²) in [5.74, 6) is 0.423. The second-order valence-electron chi connectivity index (χ2n) is 6.33. The number of carbonyl (C=O) groups excluding carboxylic acids is 1. The maximum Gasteiger partial charge on any atom is 0.417 e. The molecule has 1 aromatic heterocycles. The predicted molar refractivity (Wildman–Crippen MR) is 90.3 cm³/mol. The highest BCUT2D eigenvalue weighted by Gasteiger charge is 2.31. The lowest BCUT2D eigenvalue weighted by molar-refractivity contribution is -0.137. The molecule has 0 aliphatic carbocycles. The number of likely N-dealkylation sites (tertiary alicyclic amines) is 1. The van der Waals surface area contributed by atoms with Crippen molar-refractivity contribution < 1.29 is 18.0 Å². The molecule has 2 atom stereocenters. The van der Waals surface area contributed by atoms with Crippen LogP contribution in [-0.4, -0.2) is 41.5 Å². The molecule has 1 aromatic rings. The molecular weight excluding hydrogens is 357 g/mol. The zero-order valence-electron chi connectivity index (χ0n) is 13.9. The van der Waals surface area contributed by atoms with Gasteiger partial charge in [0.25, 0.3) is 0 Å². The van der Waals surface area contributed by atoms with E-state index in [2.05, 4.69) is 10.3 Å². The summed E-state index contributed by atoms with van der Waals surface area (Å²) in [6.45, 7) is 3.55. The first kappa shape index (κ1) is 19.8. The van der Waals surface area contributed by atoms with Gasteiger partial charge in [-0.15, -0.1) is 0 Å². The van der Waals surface area contributed by atoms with Crippen LogP contribution in [0.25, 0.3) is 0 Å². The molecule has 3 N–H and O–H groups in total. The lowest BCUT2D eigenvalue weighted by Gasteiger charge is -2.34. The number of carbonyl (C=O) groups is 1. The number of amides is 1. The number of anilines is 1. The fraction of sp³-hybridized carbons (Fsp3) is 0.625. The van der Waals surface area contributed by atoms with E-state index in [1.807, 2.05) is 6.92 Å². The first-order valence-corrected chi connectivity index (χ1v) is 8.56. The highest BCUT2D eigenvalue weighted by Crippen LogP contribution is 2.32. The number of hydrogen-bond acceptors (Lipinski definition) is 4. The number of alkyl halides is 3. The van der Waals surface area contributed by atoms with E-state index < -0.39 is 11.7 Å². The highest BCUT2D eigenvalue weighted by molar-refractivity contribution is 6.32. The molecule has 5 nitrogen and oxygen atoms in total. The fourth-order valence-corrected chi connectivity index (χ4v) is 3.07. The minimum absolute atomic E-state index is 0.0131. The number of nitrogens with one attached hydrogen (secondary N) is 1. The van der Waals surface area contributed by atoms with Crippen LogP contribution in [0.1, 0.15) is 31.7 Å². The van der Waals surface area contributed by atoms with Crippen molar-refractivity contribution in [2.45, 2.75) is 38.4 Å². The number of nitrogens with two attached hydrogens (primary N) is 1. The monoisotopic (exact) mass is 378 g/mol. The predicted octanol–water partition coefficient (Wildman–Crippen LogP) is 3.14. The molecule has 1 aliphatic rings. The summed E-state index contributed by atoms with van der Waals surface area (Å²) in [6, 6.07) is 0.861. The average Bonchev–Trinajstić information content (AvgIpc) is 2.55. The van der Waals surface area contributed by atoms with Gasteiger partial charge >= 0.3 is 6.18 Å². The van der Waals surface area contributed by atoms with Crippen molar-refractivity contribution >= 4 is 23.3 Å². The van der Waals surface area contributed by atoms with Crippen LogP contribution in [0.3, 0.4) is 0 Å². The van der Waals surface area contributed by atoms with Crippen molar-refractivity contribution in [1.82, 2.24) is 9.88 Å². The Morgan fingerprint density at radius 2 is 2.28 bits per heavy atom. The maximum absolute atomic E-state index is 12.6. The zero-order chi connectivity index (χ0) is 18.6. The molecule has 2 heterocycles. The number of nitrogens with zero attached hydrogens (tertiary/aromatic N) is 2. The minimum Gasteiger partial charge on any atom is -0.368 e. The number of hydrogen-bond donors (Lipinski definition) is 2. The van der Waals surface area contributed by atoms with Crippen LogP contribution in [-0.2, 0) is 11.0 Å². The molecule has 1 amide bonds. The largest absolute Gasteiger partial charge is 0.417 e. The van der Waals surface area contributed by atoms with E-state index in [4.69, 9.17) is 17.3 Å². The van der Waals surface area contributed by atoms with Crippen molar-refractivity contribution in [3.63, 3.8) is 0 Å². The van der Waals surface area contributed by atoms with Crippen LogP contribution in [0.4, 0.5) is 19.0 Å². The fourth-order valence-electron chi connectivity index (χ4n) is 2.83. The van der Waals surface area contributed by atoms with Gasteiger partial charge in [0.1, 0.15) is 5.82 Å². The summed E-state index contributed by atoms with van der Waals surface area (Å²) in [4.78, 5) is 17.7. The second kappa shape index (κ2) is 8.23. The third-order valence-corrected chi connectivity index (χ3v) is 4.64. The SMILES string of the molecule is C[C@@H](N)[C@H]1CCCN(C(=O)CCNc2ncc(C(F)(F)F)cc2Cl)C1. The van der Waals surface area contributed by atoms with Crippen molar-refractivity contribution in [3.05, 3.63) is 22.8 Å². The highest BCUT2D eigenvalue weighted by atomic mass is 35.5. The van der Waals surface area contributed by atoms with Gasteiger partial charge in [-0.1, -0.05) is 11.6 Å². The van der Waals surface area contributed by atoms with Gasteiger partial charge < -0.3 is 16.0 Å². The van der Waals surface area contributed by atoms with Crippen molar-refractivity contribution in [3.8, 4) is 0 Å². The Morgan fingerprint density at radius 1 is 1.56 bits per heavy atom. The normalized spacial score (nSPS) is 19.6. The summed E-state index contributed by atoms with van der Waals surface area (Å²) in [6.07, 6.45) is -1.61. The smallest absolute Gasteiger partial charge is 0.368 e. The van der Waals surface area contributed by atoms with Gasteiger partial charge in [-0.3, -0.25) is 4.79 Å². The molecule has 0 saturated carbocycles. The first-order valence-electron chi connectivity index (χ1n) is 8.18. The van der Waals surface area contributed by atoms with Gasteiger partial charge in [0.15, 0.2) is 0 Å². The molecule has 0 aromatic carbocycles. The van der Waals surface area contributed by atoms with Crippen LogP contribution in [0.5, 0.6) is 0 Å². The van der Waals surface area contributed by atoms with Crippen molar-refractivity contribution in [2.24, 2.45) is 11.7 Å². The Balaban J connectivity index is 1.85. The van der Waals surface area contributed by atoms with Crippen LogP contribution in [0, 0.1) is 5.92 Å². The lowest BCUT2D eigenvalue weighted by atomic mass is 9.92. The van der Waals surface area contributed by atoms with Crippen molar-refractivity contribution in [2.75, 3.05) is 25.0 Å². The third kappa shape index (κ3) is 5.47. The molecule has 9 heteroatoms. The summed E-state index contributed by atoms with van der Waals surface area (Å²) >= 11 is 5.82. The molecule has 140 valence electrons. The van der Waals surface area contributed by atoms with E-state index in [1.54, 1.807) is 4.90 Å². The maximum atomic E-state index is 12.6. The van der Waals surface area contributed by atoms with E-state index in [1.165, 1.54) is 0 Å². The number of halogens is 4. The topological polar surface area (TPSA) is 71.2 Å². The lowest BCUT2D eigenvalue weighted by Crippen LogP contribution is -2.45. The molecule has 0 bridgehead atoms. The summed E-state index contributed by atoms with van der Waals surface area (Å²) in [5, 5.41) is 2.69. The summed E-state index contributed by atoms with van der Waals surface area (Å²) in [5.41, 5.74) is 5.00. The standard InChI is InChI=1S/C16H22ClF3N4O/c1-10(21)11-3-2-6-24(9-11)14(25)4-5-22-15-13(17)7-12(8-23-15)16(18,19)20/h7-8,10-11H,2-6,9,21H2,1H3,(H,22,23)/t10-,11+/m1/s1. The van der Waals surface area contributed by atoms with Gasteiger partial charge in [-0.2, -0.15) is 13.2 Å². The third-order valence-electron chi connectivity index (χ3n) is 4.35. The van der Waals surface area contributed by atoms with Gasteiger partial charge in [-0.05, 0) is 31.7 Å². The Bertz CT molecular complexity index is 610. The molecule has 25 heavy (non-hydrogen) atoms. The first-order chi connectivity index (χ1) is 11.7. The van der Waals surface area contributed by atoms with E-state index in [9.17, 15) is 18.0 Å². The molecule has 0 unspecified atom stereocenters. The molecule has 1 aliphatic heterocycles. The van der Waals surface area contributed by atoms with E-state index >= 15 is 0 Å². The second-order valence-corrected chi connectivity index (χ2v) is 6.74.